The molecule has 0 aliphatic rings. The summed E-state index contributed by atoms with van der Waals surface area (Å²) >= 11 is 1.52. The van der Waals surface area contributed by atoms with E-state index in [1.807, 2.05) is 16.8 Å². The Hall–Kier alpha value is -3.13. The van der Waals surface area contributed by atoms with Gasteiger partial charge in [-0.1, -0.05) is 5.16 Å². The fourth-order valence-electron chi connectivity index (χ4n) is 2.33. The number of methoxy groups -OCH3 is 2. The summed E-state index contributed by atoms with van der Waals surface area (Å²) in [6.07, 6.45) is 1.41. The standard InChI is InChI=1S/C18H16N2O5S/c1-23-14-6-11(7-15(9-14)24-2)5-13(8-16(21)22)18-19-17(20-25-18)12-3-4-26-10-12/h3-7,9-10H,8H2,1-2H3,(H,21,22)/b13-5+. The Labute approximate surface area is 153 Å². The quantitative estimate of drug-likeness (QED) is 0.673. The highest BCUT2D eigenvalue weighted by atomic mass is 32.1. The average molecular weight is 372 g/mol. The van der Waals surface area contributed by atoms with Crippen molar-refractivity contribution in [2.45, 2.75) is 6.42 Å². The average Bonchev–Trinajstić information content (AvgIpc) is 3.31. The molecule has 0 radical (unpaired) electrons. The third-order valence-corrected chi connectivity index (χ3v) is 4.22. The molecular weight excluding hydrogens is 356 g/mol. The van der Waals surface area contributed by atoms with E-state index in [0.29, 0.717) is 28.5 Å². The molecule has 0 bridgehead atoms. The normalized spacial score (nSPS) is 11.4. The van der Waals surface area contributed by atoms with Crippen molar-refractivity contribution in [2.75, 3.05) is 14.2 Å². The Morgan fingerprint density at radius 1 is 1.27 bits per heavy atom. The number of hydrogen-bond donors (Lipinski definition) is 1. The van der Waals surface area contributed by atoms with Gasteiger partial charge in [0.05, 0.1) is 20.6 Å². The van der Waals surface area contributed by atoms with Crippen molar-refractivity contribution in [3.8, 4) is 22.9 Å². The number of carboxylic acids is 1. The van der Waals surface area contributed by atoms with Gasteiger partial charge in [0, 0.05) is 22.6 Å². The van der Waals surface area contributed by atoms with Crippen LogP contribution in [0.25, 0.3) is 23.0 Å². The molecule has 7 nitrogen and oxygen atoms in total. The number of nitrogens with zero attached hydrogens (tertiary/aromatic N) is 2. The first-order valence-electron chi connectivity index (χ1n) is 7.61. The van der Waals surface area contributed by atoms with Gasteiger partial charge in [0.15, 0.2) is 0 Å². The molecule has 0 saturated carbocycles. The Bertz CT molecular complexity index is 909. The van der Waals surface area contributed by atoms with Gasteiger partial charge in [-0.15, -0.1) is 0 Å². The summed E-state index contributed by atoms with van der Waals surface area (Å²) in [6, 6.07) is 7.13. The van der Waals surface area contributed by atoms with Crippen LogP contribution >= 0.6 is 11.3 Å². The van der Waals surface area contributed by atoms with E-state index in [2.05, 4.69) is 10.1 Å². The maximum absolute atomic E-state index is 11.3. The van der Waals surface area contributed by atoms with E-state index < -0.39 is 5.97 Å². The van der Waals surface area contributed by atoms with Gasteiger partial charge in [-0.05, 0) is 35.2 Å². The SMILES string of the molecule is COc1cc(/C=C(\CC(=O)O)c2nc(-c3ccsc3)no2)cc(OC)c1. The van der Waals surface area contributed by atoms with Crippen molar-refractivity contribution in [1.82, 2.24) is 10.1 Å². The monoisotopic (exact) mass is 372 g/mol. The molecular formula is C18H16N2O5S. The van der Waals surface area contributed by atoms with E-state index in [4.69, 9.17) is 14.0 Å². The molecule has 0 spiro atoms. The minimum Gasteiger partial charge on any atom is -0.497 e. The van der Waals surface area contributed by atoms with Crippen molar-refractivity contribution in [3.05, 3.63) is 46.5 Å². The Kier molecular flexibility index (Phi) is 5.33. The van der Waals surface area contributed by atoms with E-state index in [9.17, 15) is 9.90 Å². The van der Waals surface area contributed by atoms with Crippen LogP contribution in [-0.4, -0.2) is 35.4 Å². The third-order valence-electron chi connectivity index (χ3n) is 3.54. The summed E-state index contributed by atoms with van der Waals surface area (Å²) in [5.74, 6) is 0.766. The van der Waals surface area contributed by atoms with Crippen LogP contribution in [0.2, 0.25) is 0 Å². The van der Waals surface area contributed by atoms with E-state index in [-0.39, 0.29) is 12.3 Å². The van der Waals surface area contributed by atoms with Crippen LogP contribution in [0.3, 0.4) is 0 Å². The summed E-state index contributed by atoms with van der Waals surface area (Å²) in [4.78, 5) is 15.6. The van der Waals surface area contributed by atoms with Crippen molar-refractivity contribution in [3.63, 3.8) is 0 Å². The lowest BCUT2D eigenvalue weighted by Crippen LogP contribution is -1.98. The first-order valence-corrected chi connectivity index (χ1v) is 8.55. The molecule has 0 saturated heterocycles. The third kappa shape index (κ3) is 4.09. The van der Waals surface area contributed by atoms with Crippen LogP contribution < -0.4 is 9.47 Å². The molecule has 134 valence electrons. The maximum atomic E-state index is 11.3. The van der Waals surface area contributed by atoms with E-state index in [0.717, 1.165) is 5.56 Å². The summed E-state index contributed by atoms with van der Waals surface area (Å²) in [5, 5.41) is 17.0. The fourth-order valence-corrected chi connectivity index (χ4v) is 2.96. The summed E-state index contributed by atoms with van der Waals surface area (Å²) in [5.41, 5.74) is 1.91. The number of carboxylic acid groups (broad SMARTS) is 1. The fraction of sp³-hybridized carbons (Fsp3) is 0.167. The number of hydrogen-bond acceptors (Lipinski definition) is 7. The van der Waals surface area contributed by atoms with Gasteiger partial charge in [0.1, 0.15) is 11.5 Å². The van der Waals surface area contributed by atoms with Crippen molar-refractivity contribution >= 4 is 29.0 Å². The molecule has 2 heterocycles. The van der Waals surface area contributed by atoms with Gasteiger partial charge >= 0.3 is 5.97 Å². The van der Waals surface area contributed by atoms with Crippen molar-refractivity contribution in [1.29, 1.82) is 0 Å². The molecule has 1 aromatic carbocycles. The lowest BCUT2D eigenvalue weighted by molar-refractivity contribution is -0.135. The second-order valence-electron chi connectivity index (χ2n) is 5.32. The van der Waals surface area contributed by atoms with E-state index >= 15 is 0 Å². The van der Waals surface area contributed by atoms with Gasteiger partial charge in [-0.3, -0.25) is 4.79 Å². The number of thiophene rings is 1. The maximum Gasteiger partial charge on any atom is 0.308 e. The highest BCUT2D eigenvalue weighted by Crippen LogP contribution is 2.28. The minimum absolute atomic E-state index is 0.162. The smallest absolute Gasteiger partial charge is 0.308 e. The molecule has 0 atom stereocenters. The van der Waals surface area contributed by atoms with Gasteiger partial charge in [-0.2, -0.15) is 16.3 Å². The summed E-state index contributed by atoms with van der Waals surface area (Å²) < 4.78 is 15.8. The Morgan fingerprint density at radius 3 is 2.58 bits per heavy atom. The molecule has 0 aliphatic heterocycles. The van der Waals surface area contributed by atoms with Gasteiger partial charge < -0.3 is 19.1 Å². The second kappa shape index (κ2) is 7.83. The molecule has 0 aliphatic carbocycles. The Morgan fingerprint density at radius 2 is 2.00 bits per heavy atom. The largest absolute Gasteiger partial charge is 0.497 e. The number of aliphatic carboxylic acids is 1. The summed E-state index contributed by atoms with van der Waals surface area (Å²) in [6.45, 7) is 0. The van der Waals surface area contributed by atoms with Gasteiger partial charge in [-0.25, -0.2) is 0 Å². The Balaban J connectivity index is 2.01. The lowest BCUT2D eigenvalue weighted by Gasteiger charge is -2.07. The van der Waals surface area contributed by atoms with Crippen LogP contribution in [0.5, 0.6) is 11.5 Å². The molecule has 3 rings (SSSR count). The van der Waals surface area contributed by atoms with Crippen LogP contribution in [0.1, 0.15) is 17.9 Å². The van der Waals surface area contributed by atoms with Gasteiger partial charge in [0.25, 0.3) is 5.89 Å². The number of ether oxygens (including phenoxy) is 2. The molecule has 1 N–H and O–H groups in total. The highest BCUT2D eigenvalue weighted by molar-refractivity contribution is 7.08. The first kappa shape index (κ1) is 17.7. The molecule has 0 fully saturated rings. The van der Waals surface area contributed by atoms with Crippen LogP contribution in [0.4, 0.5) is 0 Å². The topological polar surface area (TPSA) is 94.7 Å². The van der Waals surface area contributed by atoms with Crippen LogP contribution in [-0.2, 0) is 4.79 Å². The lowest BCUT2D eigenvalue weighted by atomic mass is 10.1. The molecule has 2 aromatic heterocycles. The first-order chi connectivity index (χ1) is 12.6. The zero-order valence-corrected chi connectivity index (χ0v) is 14.9. The van der Waals surface area contributed by atoms with Crippen LogP contribution in [0, 0.1) is 0 Å². The van der Waals surface area contributed by atoms with E-state index in [1.54, 1.807) is 38.5 Å². The van der Waals surface area contributed by atoms with Gasteiger partial charge in [0.2, 0.25) is 5.82 Å². The predicted molar refractivity (Wildman–Crippen MR) is 97.3 cm³/mol. The number of benzene rings is 1. The second-order valence-corrected chi connectivity index (χ2v) is 6.10. The summed E-state index contributed by atoms with van der Waals surface area (Å²) in [7, 11) is 3.09. The molecule has 0 amide bonds. The number of carbonyl (C=O) groups is 1. The molecule has 26 heavy (non-hydrogen) atoms. The van der Waals surface area contributed by atoms with Crippen LogP contribution in [0.15, 0.2) is 39.5 Å². The predicted octanol–water partition coefficient (Wildman–Crippen LogP) is 3.83. The molecule has 3 aromatic rings. The number of rotatable bonds is 7. The highest BCUT2D eigenvalue weighted by Gasteiger charge is 2.16. The molecule has 8 heteroatoms. The van der Waals surface area contributed by atoms with E-state index in [1.165, 1.54) is 11.3 Å². The van der Waals surface area contributed by atoms with Crippen molar-refractivity contribution in [2.24, 2.45) is 0 Å². The van der Waals surface area contributed by atoms with Crippen molar-refractivity contribution < 1.29 is 23.9 Å². The minimum atomic E-state index is -0.999. The zero-order chi connectivity index (χ0) is 18.5. The molecule has 0 unspecified atom stereocenters. The zero-order valence-electron chi connectivity index (χ0n) is 14.1. The number of aromatic nitrogens is 2.